The first-order valence-electron chi connectivity index (χ1n) is 7.78. The zero-order valence-corrected chi connectivity index (χ0v) is 16.1. The van der Waals surface area contributed by atoms with Gasteiger partial charge in [0.25, 0.3) is 5.91 Å². The molecule has 2 aromatic rings. The Labute approximate surface area is 156 Å². The Kier molecular flexibility index (Phi) is 7.40. The highest BCUT2D eigenvalue weighted by molar-refractivity contribution is 8.00. The summed E-state index contributed by atoms with van der Waals surface area (Å²) in [5, 5.41) is 2.76. The molecular weight excluding hydrogens is 354 g/mol. The van der Waals surface area contributed by atoms with E-state index in [1.54, 1.807) is 11.8 Å². The molecule has 4 nitrogen and oxygen atoms in total. The monoisotopic (exact) mass is 375 g/mol. The predicted molar refractivity (Wildman–Crippen MR) is 104 cm³/mol. The Bertz CT molecular complexity index is 762. The molecule has 0 spiro atoms. The van der Waals surface area contributed by atoms with Crippen molar-refractivity contribution >= 4 is 41.1 Å². The highest BCUT2D eigenvalue weighted by Gasteiger charge is 2.10. The molecule has 2 aromatic carbocycles. The largest absolute Gasteiger partial charge is 0.455 e. The fourth-order valence-electron chi connectivity index (χ4n) is 2.07. The topological polar surface area (TPSA) is 55.4 Å². The summed E-state index contributed by atoms with van der Waals surface area (Å²) in [6.45, 7) is 3.80. The van der Waals surface area contributed by atoms with Crippen molar-refractivity contribution in [2.75, 3.05) is 23.9 Å². The second kappa shape index (κ2) is 9.53. The second-order valence-electron chi connectivity index (χ2n) is 5.44. The third-order valence-electron chi connectivity index (χ3n) is 3.58. The maximum absolute atomic E-state index is 11.9. The Morgan fingerprint density at radius 1 is 1.08 bits per heavy atom. The molecule has 0 fully saturated rings. The Morgan fingerprint density at radius 2 is 1.84 bits per heavy atom. The van der Waals surface area contributed by atoms with Gasteiger partial charge in [-0.2, -0.15) is 0 Å². The number of aryl methyl sites for hydroxylation is 2. The summed E-state index contributed by atoms with van der Waals surface area (Å²) in [4.78, 5) is 25.7. The average Bonchev–Trinajstić information content (AvgIpc) is 2.61. The lowest BCUT2D eigenvalue weighted by Gasteiger charge is -2.09. The molecule has 0 bridgehead atoms. The SMILES string of the molecule is CSc1ccccc1NC(=O)COC(=O)CSc1ccc(C)c(C)c1. The number of amides is 1. The minimum absolute atomic E-state index is 0.178. The van der Waals surface area contributed by atoms with E-state index in [0.717, 1.165) is 15.5 Å². The molecule has 0 aliphatic rings. The number of ether oxygens (including phenoxy) is 1. The average molecular weight is 376 g/mol. The maximum Gasteiger partial charge on any atom is 0.316 e. The molecule has 6 heteroatoms. The summed E-state index contributed by atoms with van der Waals surface area (Å²) >= 11 is 2.95. The van der Waals surface area contributed by atoms with Crippen molar-refractivity contribution in [2.24, 2.45) is 0 Å². The van der Waals surface area contributed by atoms with E-state index in [0.29, 0.717) is 0 Å². The molecule has 2 rings (SSSR count). The molecule has 0 saturated heterocycles. The summed E-state index contributed by atoms with van der Waals surface area (Å²) in [6.07, 6.45) is 1.94. The number of carbonyl (C=O) groups is 2. The van der Waals surface area contributed by atoms with Crippen LogP contribution in [-0.2, 0) is 14.3 Å². The van der Waals surface area contributed by atoms with Crippen LogP contribution in [0.4, 0.5) is 5.69 Å². The molecule has 0 saturated carbocycles. The Morgan fingerprint density at radius 3 is 2.56 bits per heavy atom. The van der Waals surface area contributed by atoms with E-state index >= 15 is 0 Å². The van der Waals surface area contributed by atoms with Crippen LogP contribution in [-0.4, -0.2) is 30.5 Å². The Balaban J connectivity index is 1.77. The lowest BCUT2D eigenvalue weighted by Crippen LogP contribution is -2.21. The van der Waals surface area contributed by atoms with Crippen LogP contribution in [0.1, 0.15) is 11.1 Å². The molecule has 1 N–H and O–H groups in total. The van der Waals surface area contributed by atoms with E-state index in [9.17, 15) is 9.59 Å². The van der Waals surface area contributed by atoms with E-state index in [2.05, 4.69) is 5.32 Å². The molecule has 0 unspecified atom stereocenters. The first-order chi connectivity index (χ1) is 12.0. The van der Waals surface area contributed by atoms with Gasteiger partial charge in [0.05, 0.1) is 11.4 Å². The molecule has 0 atom stereocenters. The van der Waals surface area contributed by atoms with Gasteiger partial charge in [-0.1, -0.05) is 18.2 Å². The first kappa shape index (κ1) is 19.4. The van der Waals surface area contributed by atoms with Crippen molar-refractivity contribution in [1.82, 2.24) is 0 Å². The summed E-state index contributed by atoms with van der Waals surface area (Å²) in [5.41, 5.74) is 3.12. The molecule has 0 aliphatic heterocycles. The van der Waals surface area contributed by atoms with Crippen LogP contribution in [0.5, 0.6) is 0 Å². The zero-order chi connectivity index (χ0) is 18.2. The number of nitrogens with one attached hydrogen (secondary N) is 1. The highest BCUT2D eigenvalue weighted by Crippen LogP contribution is 2.24. The third kappa shape index (κ3) is 6.14. The number of anilines is 1. The molecule has 25 heavy (non-hydrogen) atoms. The third-order valence-corrected chi connectivity index (χ3v) is 5.34. The quantitative estimate of drug-likeness (QED) is 0.578. The van der Waals surface area contributed by atoms with E-state index < -0.39 is 5.97 Å². The number of esters is 1. The fraction of sp³-hybridized carbons (Fsp3) is 0.263. The standard InChI is InChI=1S/C19H21NO3S2/c1-13-8-9-15(10-14(13)2)25-12-19(22)23-11-18(21)20-16-6-4-5-7-17(16)24-3/h4-10H,11-12H2,1-3H3,(H,20,21). The number of para-hydroxylation sites is 1. The van der Waals surface area contributed by atoms with Gasteiger partial charge in [-0.25, -0.2) is 0 Å². The number of rotatable bonds is 7. The van der Waals surface area contributed by atoms with Crippen LogP contribution in [0, 0.1) is 13.8 Å². The Hall–Kier alpha value is -1.92. The maximum atomic E-state index is 11.9. The van der Waals surface area contributed by atoms with Crippen LogP contribution in [0.2, 0.25) is 0 Å². The lowest BCUT2D eigenvalue weighted by atomic mass is 10.1. The first-order valence-corrected chi connectivity index (χ1v) is 9.99. The van der Waals surface area contributed by atoms with Crippen molar-refractivity contribution in [1.29, 1.82) is 0 Å². The van der Waals surface area contributed by atoms with Crippen LogP contribution in [0.25, 0.3) is 0 Å². The molecule has 0 aromatic heterocycles. The van der Waals surface area contributed by atoms with Crippen LogP contribution < -0.4 is 5.32 Å². The summed E-state index contributed by atoms with van der Waals surface area (Å²) < 4.78 is 5.05. The van der Waals surface area contributed by atoms with E-state index in [-0.39, 0.29) is 18.3 Å². The zero-order valence-electron chi connectivity index (χ0n) is 14.5. The number of carbonyl (C=O) groups excluding carboxylic acids is 2. The molecule has 0 radical (unpaired) electrons. The predicted octanol–water partition coefficient (Wildman–Crippen LogP) is 4.30. The molecule has 0 aliphatic carbocycles. The van der Waals surface area contributed by atoms with Crippen molar-refractivity contribution in [2.45, 2.75) is 23.6 Å². The van der Waals surface area contributed by atoms with Gasteiger partial charge < -0.3 is 10.1 Å². The van der Waals surface area contributed by atoms with Crippen molar-refractivity contribution in [3.05, 3.63) is 53.6 Å². The van der Waals surface area contributed by atoms with E-state index in [1.165, 1.54) is 22.9 Å². The minimum Gasteiger partial charge on any atom is -0.455 e. The van der Waals surface area contributed by atoms with Gasteiger partial charge in [-0.3, -0.25) is 9.59 Å². The van der Waals surface area contributed by atoms with Crippen LogP contribution in [0.15, 0.2) is 52.3 Å². The van der Waals surface area contributed by atoms with Gasteiger partial charge in [0, 0.05) is 9.79 Å². The number of hydrogen-bond acceptors (Lipinski definition) is 5. The van der Waals surface area contributed by atoms with Gasteiger partial charge in [0.15, 0.2) is 6.61 Å². The lowest BCUT2D eigenvalue weighted by molar-refractivity contribution is -0.144. The van der Waals surface area contributed by atoms with Gasteiger partial charge in [0.2, 0.25) is 0 Å². The minimum atomic E-state index is -0.406. The summed E-state index contributed by atoms with van der Waals surface area (Å²) in [5.74, 6) is -0.570. The van der Waals surface area contributed by atoms with E-state index in [4.69, 9.17) is 4.74 Å². The van der Waals surface area contributed by atoms with Crippen LogP contribution in [0.3, 0.4) is 0 Å². The van der Waals surface area contributed by atoms with E-state index in [1.807, 2.05) is 62.6 Å². The number of benzene rings is 2. The van der Waals surface area contributed by atoms with Crippen molar-refractivity contribution in [3.8, 4) is 0 Å². The summed E-state index contributed by atoms with van der Waals surface area (Å²) in [6, 6.07) is 13.5. The molecule has 0 heterocycles. The van der Waals surface area contributed by atoms with Gasteiger partial charge >= 0.3 is 5.97 Å². The van der Waals surface area contributed by atoms with Crippen molar-refractivity contribution in [3.63, 3.8) is 0 Å². The van der Waals surface area contributed by atoms with Crippen molar-refractivity contribution < 1.29 is 14.3 Å². The van der Waals surface area contributed by atoms with Crippen LogP contribution >= 0.6 is 23.5 Å². The number of hydrogen-bond donors (Lipinski definition) is 1. The highest BCUT2D eigenvalue weighted by atomic mass is 32.2. The number of thioether (sulfide) groups is 2. The second-order valence-corrected chi connectivity index (χ2v) is 7.34. The van der Waals surface area contributed by atoms with Gasteiger partial charge in [0.1, 0.15) is 0 Å². The summed E-state index contributed by atoms with van der Waals surface area (Å²) in [7, 11) is 0. The smallest absolute Gasteiger partial charge is 0.316 e. The fourth-order valence-corrected chi connectivity index (χ4v) is 3.41. The molecular formula is C19H21NO3S2. The molecule has 1 amide bonds. The normalized spacial score (nSPS) is 10.4. The van der Waals surface area contributed by atoms with Gasteiger partial charge in [-0.15, -0.1) is 23.5 Å². The molecule has 132 valence electrons. The van der Waals surface area contributed by atoms with Gasteiger partial charge in [-0.05, 0) is 55.5 Å².